The number of hydrogen-bond donors (Lipinski definition) is 0. The highest BCUT2D eigenvalue weighted by molar-refractivity contribution is 14.1. The summed E-state index contributed by atoms with van der Waals surface area (Å²) in [6, 6.07) is 0. The molecule has 0 saturated heterocycles. The lowest BCUT2D eigenvalue weighted by molar-refractivity contribution is 0.436. The van der Waals surface area contributed by atoms with Crippen LogP contribution in [-0.4, -0.2) is 16.8 Å². The highest BCUT2D eigenvalue weighted by Gasteiger charge is 2.23. The quantitative estimate of drug-likeness (QED) is 0.595. The lowest BCUT2D eigenvalue weighted by Crippen LogP contribution is -2.24. The fraction of sp³-hybridized carbons (Fsp3) is 0.250. The summed E-state index contributed by atoms with van der Waals surface area (Å²) >= 11 is 1.91. The van der Waals surface area contributed by atoms with Crippen molar-refractivity contribution in [2.24, 2.45) is 0 Å². The fourth-order valence-electron chi connectivity index (χ4n) is 0.650. The first-order chi connectivity index (χ1) is 4.97. The Balaban J connectivity index is 2.65. The number of rotatable bonds is 2. The largest absolute Gasteiger partial charge is 0.499 e. The Morgan fingerprint density at radius 1 is 1.55 bits per heavy atom. The van der Waals surface area contributed by atoms with Gasteiger partial charge in [-0.3, -0.25) is 4.68 Å². The summed E-state index contributed by atoms with van der Waals surface area (Å²) in [6.07, 6.45) is 1.79. The zero-order valence-corrected chi connectivity index (χ0v) is 7.50. The zero-order chi connectivity index (χ0) is 8.48. The van der Waals surface area contributed by atoms with Gasteiger partial charge in [0.15, 0.2) is 0 Å². The number of nitrogens with zero attached hydrogens (tertiary/aromatic N) is 2. The monoisotopic (exact) mass is 275 g/mol. The molecule has 0 spiro atoms. The number of aromatic nitrogens is 2. The zero-order valence-electron chi connectivity index (χ0n) is 5.35. The first-order valence-electron chi connectivity index (χ1n) is 2.86. The van der Waals surface area contributed by atoms with Crippen molar-refractivity contribution in [1.82, 2.24) is 9.78 Å². The van der Waals surface area contributed by atoms with E-state index in [1.165, 1.54) is 12.4 Å². The van der Waals surface area contributed by atoms with Gasteiger partial charge in [-0.1, -0.05) is 0 Å². The van der Waals surface area contributed by atoms with Crippen molar-refractivity contribution < 1.29 is 12.9 Å². The molecule has 0 aromatic carbocycles. The van der Waals surface area contributed by atoms with E-state index in [4.69, 9.17) is 0 Å². The van der Waals surface area contributed by atoms with E-state index in [1.807, 2.05) is 22.6 Å². The summed E-state index contributed by atoms with van der Waals surface area (Å²) in [5.74, 6) is 0. The van der Waals surface area contributed by atoms with Crippen LogP contribution < -0.4 is 0 Å². The Kier molecular flexibility index (Phi) is 2.45. The lowest BCUT2D eigenvalue weighted by Gasteiger charge is -2.12. The molecule has 0 aliphatic carbocycles. The Morgan fingerprint density at radius 2 is 2.18 bits per heavy atom. The fourth-order valence-corrected chi connectivity index (χ4v) is 1.10. The van der Waals surface area contributed by atoms with Gasteiger partial charge < -0.3 is 12.9 Å². The molecule has 1 heterocycles. The molecule has 7 heteroatoms. The molecular formula is C4H4BF3IN2-. The van der Waals surface area contributed by atoms with Crippen LogP contribution in [0, 0.1) is 3.57 Å². The number of halogens is 4. The molecular weight excluding hydrogens is 271 g/mol. The van der Waals surface area contributed by atoms with Gasteiger partial charge in [-0.2, -0.15) is 5.10 Å². The molecule has 2 nitrogen and oxygen atoms in total. The second kappa shape index (κ2) is 3.04. The van der Waals surface area contributed by atoms with Crippen molar-refractivity contribution >= 4 is 29.6 Å². The summed E-state index contributed by atoms with van der Waals surface area (Å²) < 4.78 is 36.9. The highest BCUT2D eigenvalue weighted by Crippen LogP contribution is 2.11. The molecule has 11 heavy (non-hydrogen) atoms. The third-order valence-corrected chi connectivity index (χ3v) is 1.55. The Bertz CT molecular complexity index is 246. The minimum Gasteiger partial charge on any atom is -0.448 e. The summed E-state index contributed by atoms with van der Waals surface area (Å²) in [6.45, 7) is -4.77. The average molecular weight is 275 g/mol. The molecule has 1 rings (SSSR count). The lowest BCUT2D eigenvalue weighted by atomic mass is 9.93. The molecule has 0 aliphatic rings. The maximum atomic E-state index is 11.7. The summed E-state index contributed by atoms with van der Waals surface area (Å²) in [5, 5.41) is 3.51. The summed E-state index contributed by atoms with van der Waals surface area (Å²) in [5.41, 5.74) is 0. The van der Waals surface area contributed by atoms with Gasteiger partial charge in [-0.25, -0.2) is 0 Å². The van der Waals surface area contributed by atoms with Crippen LogP contribution in [0.1, 0.15) is 0 Å². The van der Waals surface area contributed by atoms with Crippen LogP contribution in [0.4, 0.5) is 12.9 Å². The molecule has 0 unspecified atom stereocenters. The Labute approximate surface area is 75.0 Å². The van der Waals surface area contributed by atoms with Gasteiger partial charge >= 0.3 is 6.98 Å². The van der Waals surface area contributed by atoms with Crippen LogP contribution in [0.15, 0.2) is 12.4 Å². The molecule has 0 aliphatic heterocycles. The normalized spacial score (nSPS) is 12.0. The molecule has 0 atom stereocenters. The van der Waals surface area contributed by atoms with Crippen molar-refractivity contribution in [3.05, 3.63) is 16.0 Å². The molecule has 0 saturated carbocycles. The van der Waals surface area contributed by atoms with Crippen LogP contribution in [0.5, 0.6) is 0 Å². The minimum absolute atomic E-state index is 0.711. The van der Waals surface area contributed by atoms with Crippen LogP contribution >= 0.6 is 22.6 Å². The van der Waals surface area contributed by atoms with Crippen LogP contribution in [0.3, 0.4) is 0 Å². The smallest absolute Gasteiger partial charge is 0.448 e. The predicted octanol–water partition coefficient (Wildman–Crippen LogP) is 1.87. The van der Waals surface area contributed by atoms with Crippen molar-refractivity contribution in [2.45, 2.75) is 6.44 Å². The van der Waals surface area contributed by atoms with E-state index in [1.54, 1.807) is 0 Å². The number of hydrogen-bond acceptors (Lipinski definition) is 1. The SMILES string of the molecule is F[B-](F)(F)Cn1cc(I)cn1. The molecule has 0 amide bonds. The third kappa shape index (κ3) is 3.13. The van der Waals surface area contributed by atoms with Gasteiger partial charge in [0.2, 0.25) is 0 Å². The molecule has 0 bridgehead atoms. The first kappa shape index (κ1) is 8.89. The van der Waals surface area contributed by atoms with Crippen molar-refractivity contribution in [3.63, 3.8) is 0 Å². The van der Waals surface area contributed by atoms with E-state index in [9.17, 15) is 12.9 Å². The van der Waals surface area contributed by atoms with E-state index < -0.39 is 13.4 Å². The molecule has 1 aromatic rings. The summed E-state index contributed by atoms with van der Waals surface area (Å²) in [4.78, 5) is 0. The molecule has 0 radical (unpaired) electrons. The Morgan fingerprint density at radius 3 is 2.55 bits per heavy atom. The molecule has 0 N–H and O–H groups in total. The van der Waals surface area contributed by atoms with E-state index in [2.05, 4.69) is 5.10 Å². The van der Waals surface area contributed by atoms with Crippen molar-refractivity contribution in [2.75, 3.05) is 0 Å². The Hall–Kier alpha value is -0.205. The maximum Gasteiger partial charge on any atom is 0.499 e. The second-order valence-corrected chi connectivity index (χ2v) is 3.34. The average Bonchev–Trinajstić information content (AvgIpc) is 2.10. The van der Waals surface area contributed by atoms with Gasteiger partial charge in [-0.15, -0.1) is 0 Å². The van der Waals surface area contributed by atoms with Gasteiger partial charge in [0.1, 0.15) is 0 Å². The van der Waals surface area contributed by atoms with Crippen LogP contribution in [-0.2, 0) is 6.44 Å². The van der Waals surface area contributed by atoms with Crippen LogP contribution in [0.25, 0.3) is 0 Å². The van der Waals surface area contributed by atoms with E-state index >= 15 is 0 Å². The van der Waals surface area contributed by atoms with Gasteiger partial charge in [0.05, 0.1) is 9.77 Å². The van der Waals surface area contributed by atoms with Gasteiger partial charge in [0, 0.05) is 12.6 Å². The van der Waals surface area contributed by atoms with Crippen LogP contribution in [0.2, 0.25) is 0 Å². The molecule has 0 fully saturated rings. The first-order valence-corrected chi connectivity index (χ1v) is 3.94. The standard InChI is InChI=1S/C4H4BF3IN2/c6-5(7,8)3-11-2-4(9)1-10-11/h1-2H,3H2/q-1. The molecule has 1 aromatic heterocycles. The van der Waals surface area contributed by atoms with Gasteiger partial charge in [0.25, 0.3) is 0 Å². The highest BCUT2D eigenvalue weighted by atomic mass is 127. The maximum absolute atomic E-state index is 11.7. The minimum atomic E-state index is -4.77. The van der Waals surface area contributed by atoms with Crippen molar-refractivity contribution in [3.8, 4) is 0 Å². The third-order valence-electron chi connectivity index (χ3n) is 0.996. The van der Waals surface area contributed by atoms with E-state index in [0.717, 1.165) is 4.68 Å². The van der Waals surface area contributed by atoms with Crippen molar-refractivity contribution in [1.29, 1.82) is 0 Å². The van der Waals surface area contributed by atoms with Gasteiger partial charge in [-0.05, 0) is 22.6 Å². The second-order valence-electron chi connectivity index (χ2n) is 2.09. The predicted molar refractivity (Wildman–Crippen MR) is 44.0 cm³/mol. The summed E-state index contributed by atoms with van der Waals surface area (Å²) in [7, 11) is 0. The molecule has 62 valence electrons. The topological polar surface area (TPSA) is 17.8 Å². The van der Waals surface area contributed by atoms with E-state index in [0.29, 0.717) is 3.57 Å². The van der Waals surface area contributed by atoms with E-state index in [-0.39, 0.29) is 0 Å².